The van der Waals surface area contributed by atoms with Crippen LogP contribution in [0.2, 0.25) is 0 Å². The Bertz CT molecular complexity index is 214. The van der Waals surface area contributed by atoms with Gasteiger partial charge in [0.2, 0.25) is 11.8 Å². The van der Waals surface area contributed by atoms with Gasteiger partial charge in [-0.2, -0.15) is 0 Å². The number of methoxy groups -OCH3 is 1. The average Bonchev–Trinajstić information content (AvgIpc) is 2.48. The molecule has 80 valence electrons. The van der Waals surface area contributed by atoms with Gasteiger partial charge < -0.3 is 10.1 Å². The summed E-state index contributed by atoms with van der Waals surface area (Å²) in [7, 11) is 3.38. The van der Waals surface area contributed by atoms with Crippen LogP contribution in [-0.2, 0) is 14.3 Å². The quantitative estimate of drug-likeness (QED) is 0.600. The van der Waals surface area contributed by atoms with Crippen LogP contribution in [0.25, 0.3) is 0 Å². The first-order valence-electron chi connectivity index (χ1n) is 4.68. The SMILES string of the molecule is CNC(COC)CN1C(=O)CCC1=O. The Morgan fingerprint density at radius 3 is 2.43 bits per heavy atom. The van der Waals surface area contributed by atoms with E-state index in [0.717, 1.165) is 0 Å². The van der Waals surface area contributed by atoms with Gasteiger partial charge in [0.1, 0.15) is 0 Å². The lowest BCUT2D eigenvalue weighted by Gasteiger charge is -2.21. The molecule has 1 aliphatic heterocycles. The highest BCUT2D eigenvalue weighted by atomic mass is 16.5. The third-order valence-electron chi connectivity index (χ3n) is 2.33. The summed E-state index contributed by atoms with van der Waals surface area (Å²) in [6, 6.07) is 0.0194. The summed E-state index contributed by atoms with van der Waals surface area (Å²) in [4.78, 5) is 23.9. The second kappa shape index (κ2) is 5.07. The lowest BCUT2D eigenvalue weighted by atomic mass is 10.3. The molecule has 0 radical (unpaired) electrons. The third-order valence-corrected chi connectivity index (χ3v) is 2.33. The van der Waals surface area contributed by atoms with E-state index >= 15 is 0 Å². The first-order valence-corrected chi connectivity index (χ1v) is 4.68. The Morgan fingerprint density at radius 1 is 1.43 bits per heavy atom. The maximum absolute atomic E-state index is 11.3. The molecular weight excluding hydrogens is 184 g/mol. The number of likely N-dealkylation sites (N-methyl/N-ethyl adjacent to an activating group) is 1. The van der Waals surface area contributed by atoms with E-state index in [1.165, 1.54) is 4.90 Å². The van der Waals surface area contributed by atoms with Crippen LogP contribution in [0.5, 0.6) is 0 Å². The van der Waals surface area contributed by atoms with E-state index in [1.807, 2.05) is 0 Å². The fourth-order valence-electron chi connectivity index (χ4n) is 1.48. The number of carbonyl (C=O) groups excluding carboxylic acids is 2. The molecule has 14 heavy (non-hydrogen) atoms. The zero-order valence-electron chi connectivity index (χ0n) is 8.58. The van der Waals surface area contributed by atoms with E-state index < -0.39 is 0 Å². The second-order valence-corrected chi connectivity index (χ2v) is 3.34. The van der Waals surface area contributed by atoms with Crippen molar-refractivity contribution in [2.24, 2.45) is 0 Å². The highest BCUT2D eigenvalue weighted by Gasteiger charge is 2.30. The summed E-state index contributed by atoms with van der Waals surface area (Å²) in [5.74, 6) is -0.155. The maximum atomic E-state index is 11.3. The van der Waals surface area contributed by atoms with Crippen LogP contribution in [0.4, 0.5) is 0 Å². The van der Waals surface area contributed by atoms with Gasteiger partial charge in [0.15, 0.2) is 0 Å². The lowest BCUT2D eigenvalue weighted by Crippen LogP contribution is -2.44. The summed E-state index contributed by atoms with van der Waals surface area (Å²) in [6.45, 7) is 0.898. The molecular formula is C9H16N2O3. The van der Waals surface area contributed by atoms with E-state index in [2.05, 4.69) is 5.32 Å². The highest BCUT2D eigenvalue weighted by molar-refractivity contribution is 6.01. The number of amides is 2. The van der Waals surface area contributed by atoms with Crippen LogP contribution in [0.1, 0.15) is 12.8 Å². The predicted octanol–water partition coefficient (Wildman–Crippen LogP) is -0.630. The predicted molar refractivity (Wildman–Crippen MR) is 50.7 cm³/mol. The standard InChI is InChI=1S/C9H16N2O3/c1-10-7(6-14-2)5-11-8(12)3-4-9(11)13/h7,10H,3-6H2,1-2H3. The van der Waals surface area contributed by atoms with E-state index in [0.29, 0.717) is 26.0 Å². The van der Waals surface area contributed by atoms with Crippen molar-refractivity contribution in [1.29, 1.82) is 0 Å². The second-order valence-electron chi connectivity index (χ2n) is 3.34. The number of hydrogen-bond donors (Lipinski definition) is 1. The molecule has 2 amide bonds. The van der Waals surface area contributed by atoms with Crippen molar-refractivity contribution in [3.63, 3.8) is 0 Å². The molecule has 0 bridgehead atoms. The van der Waals surface area contributed by atoms with Gasteiger partial charge in [0.25, 0.3) is 0 Å². The fourth-order valence-corrected chi connectivity index (χ4v) is 1.48. The number of nitrogens with one attached hydrogen (secondary N) is 1. The molecule has 0 aliphatic carbocycles. The van der Waals surface area contributed by atoms with Gasteiger partial charge in [0, 0.05) is 32.5 Å². The molecule has 0 spiro atoms. The number of carbonyl (C=O) groups is 2. The summed E-state index contributed by atoms with van der Waals surface area (Å²) in [6.07, 6.45) is 0.699. The molecule has 1 rings (SSSR count). The molecule has 0 aromatic heterocycles. The summed E-state index contributed by atoms with van der Waals surface area (Å²) < 4.78 is 4.96. The van der Waals surface area contributed by atoms with Crippen molar-refractivity contribution in [3.05, 3.63) is 0 Å². The monoisotopic (exact) mass is 200 g/mol. The van der Waals surface area contributed by atoms with Crippen LogP contribution in [0.3, 0.4) is 0 Å². The van der Waals surface area contributed by atoms with Crippen molar-refractivity contribution in [2.45, 2.75) is 18.9 Å². The Labute approximate surface area is 83.4 Å². The number of nitrogens with zero attached hydrogens (tertiary/aromatic N) is 1. The van der Waals surface area contributed by atoms with Gasteiger partial charge in [-0.15, -0.1) is 0 Å². The van der Waals surface area contributed by atoms with Crippen molar-refractivity contribution >= 4 is 11.8 Å². The lowest BCUT2D eigenvalue weighted by molar-refractivity contribution is -0.138. The maximum Gasteiger partial charge on any atom is 0.229 e. The topological polar surface area (TPSA) is 58.6 Å². The van der Waals surface area contributed by atoms with Gasteiger partial charge in [-0.1, -0.05) is 0 Å². The Kier molecular flexibility index (Phi) is 4.03. The summed E-state index contributed by atoms with van der Waals surface area (Å²) in [5.41, 5.74) is 0. The third kappa shape index (κ3) is 2.52. The first-order chi connectivity index (χ1) is 6.69. The number of ether oxygens (including phenoxy) is 1. The van der Waals surface area contributed by atoms with Crippen molar-refractivity contribution in [1.82, 2.24) is 10.2 Å². The minimum atomic E-state index is -0.0775. The minimum Gasteiger partial charge on any atom is -0.383 e. The molecule has 0 aromatic carbocycles. The van der Waals surface area contributed by atoms with Crippen LogP contribution in [0.15, 0.2) is 0 Å². The fraction of sp³-hybridized carbons (Fsp3) is 0.778. The summed E-state index contributed by atoms with van der Waals surface area (Å²) >= 11 is 0. The Balaban J connectivity index is 2.48. The highest BCUT2D eigenvalue weighted by Crippen LogP contribution is 2.11. The van der Waals surface area contributed by atoms with Gasteiger partial charge in [-0.3, -0.25) is 14.5 Å². The molecule has 1 N–H and O–H groups in total. The molecule has 0 saturated carbocycles. The van der Waals surface area contributed by atoms with Crippen LogP contribution < -0.4 is 5.32 Å². The number of rotatable bonds is 5. The molecule has 1 aliphatic rings. The number of imide groups is 1. The smallest absolute Gasteiger partial charge is 0.229 e. The molecule has 1 atom stereocenters. The number of hydrogen-bond acceptors (Lipinski definition) is 4. The molecule has 5 heteroatoms. The first kappa shape index (κ1) is 11.1. The van der Waals surface area contributed by atoms with E-state index in [9.17, 15) is 9.59 Å². The van der Waals surface area contributed by atoms with Gasteiger partial charge >= 0.3 is 0 Å². The van der Waals surface area contributed by atoms with Crippen molar-refractivity contribution in [3.8, 4) is 0 Å². The van der Waals surface area contributed by atoms with Crippen LogP contribution in [0, 0.1) is 0 Å². The minimum absolute atomic E-state index is 0.0194. The van der Waals surface area contributed by atoms with Crippen LogP contribution in [-0.4, -0.2) is 50.1 Å². The van der Waals surface area contributed by atoms with Gasteiger partial charge in [-0.25, -0.2) is 0 Å². The molecule has 1 fully saturated rings. The zero-order chi connectivity index (χ0) is 10.6. The molecule has 0 aromatic rings. The van der Waals surface area contributed by atoms with Crippen LogP contribution >= 0.6 is 0 Å². The molecule has 5 nitrogen and oxygen atoms in total. The normalized spacial score (nSPS) is 19.1. The summed E-state index contributed by atoms with van der Waals surface area (Å²) in [5, 5.41) is 3.00. The van der Waals surface area contributed by atoms with Crippen molar-refractivity contribution < 1.29 is 14.3 Å². The van der Waals surface area contributed by atoms with Gasteiger partial charge in [-0.05, 0) is 7.05 Å². The number of likely N-dealkylation sites (tertiary alicyclic amines) is 1. The zero-order valence-corrected chi connectivity index (χ0v) is 8.58. The molecule has 1 heterocycles. The van der Waals surface area contributed by atoms with E-state index in [-0.39, 0.29) is 17.9 Å². The Hall–Kier alpha value is -0.940. The molecule has 1 unspecified atom stereocenters. The van der Waals surface area contributed by atoms with Gasteiger partial charge in [0.05, 0.1) is 6.61 Å². The Morgan fingerprint density at radius 2 is 2.00 bits per heavy atom. The molecule has 1 saturated heterocycles. The van der Waals surface area contributed by atoms with Crippen molar-refractivity contribution in [2.75, 3.05) is 27.3 Å². The van der Waals surface area contributed by atoms with E-state index in [1.54, 1.807) is 14.2 Å². The van der Waals surface area contributed by atoms with E-state index in [4.69, 9.17) is 4.74 Å². The largest absolute Gasteiger partial charge is 0.383 e. The average molecular weight is 200 g/mol.